The van der Waals surface area contributed by atoms with E-state index in [2.05, 4.69) is 36.4 Å². The number of piperidine rings is 2. The van der Waals surface area contributed by atoms with Crippen molar-refractivity contribution in [2.45, 2.75) is 69.6 Å². The third-order valence-electron chi connectivity index (χ3n) is 12.7. The van der Waals surface area contributed by atoms with Crippen molar-refractivity contribution < 1.29 is 52.5 Å². The summed E-state index contributed by atoms with van der Waals surface area (Å²) in [5.41, 5.74) is 3.17. The average Bonchev–Trinajstić information content (AvgIpc) is 4.02. The number of carbonyl (C=O) groups is 6. The molecule has 2 saturated heterocycles. The molecule has 4 aliphatic rings. The summed E-state index contributed by atoms with van der Waals surface area (Å²) in [6, 6.07) is 18.0. The van der Waals surface area contributed by atoms with E-state index in [9.17, 15) is 33.9 Å². The minimum Gasteiger partial charge on any atom is -0.451 e. The number of amides is 5. The van der Waals surface area contributed by atoms with Crippen molar-refractivity contribution in [1.82, 2.24) is 35.3 Å². The third-order valence-corrected chi connectivity index (χ3v) is 12.7. The largest absolute Gasteiger partial charge is 0.451 e. The van der Waals surface area contributed by atoms with Crippen LogP contribution in [0, 0.1) is 0 Å². The number of aromatic nitrogens is 4. The molecule has 9 rings (SSSR count). The van der Waals surface area contributed by atoms with Crippen LogP contribution in [-0.4, -0.2) is 129 Å². The predicted molar refractivity (Wildman–Crippen MR) is 250 cm³/mol. The first-order valence-corrected chi connectivity index (χ1v) is 23.2. The van der Waals surface area contributed by atoms with Gasteiger partial charge in [0, 0.05) is 55.1 Å². The molecule has 4 aliphatic heterocycles. The van der Waals surface area contributed by atoms with E-state index >= 15 is 0 Å². The van der Waals surface area contributed by atoms with Crippen LogP contribution in [-0.2, 0) is 34.2 Å². The number of benzene rings is 3. The lowest BCUT2D eigenvalue weighted by Crippen LogP contribution is -2.54. The molecule has 2 atom stereocenters. The first-order valence-electron chi connectivity index (χ1n) is 23.2. The van der Waals surface area contributed by atoms with Crippen LogP contribution in [0.4, 0.5) is 23.1 Å². The molecule has 3 aromatic carbocycles. The van der Waals surface area contributed by atoms with Gasteiger partial charge < -0.3 is 44.6 Å². The van der Waals surface area contributed by atoms with Gasteiger partial charge in [-0.25, -0.2) is 9.78 Å². The second-order valence-electron chi connectivity index (χ2n) is 17.7. The molecular weight excluding hydrogens is 905 g/mol. The first-order chi connectivity index (χ1) is 33.9. The summed E-state index contributed by atoms with van der Waals surface area (Å²) in [5, 5.41) is 31.1. The van der Waals surface area contributed by atoms with Crippen molar-refractivity contribution in [3.63, 3.8) is 0 Å². The number of fused-ring (bicyclic) bond motifs is 2. The summed E-state index contributed by atoms with van der Waals surface area (Å²) < 4.78 is 23.1. The molecule has 0 radical (unpaired) electrons. The molecule has 5 N–H and O–H groups in total. The van der Waals surface area contributed by atoms with Crippen molar-refractivity contribution in [2.24, 2.45) is 0 Å². The monoisotopic (exact) mass is 956 g/mol. The quantitative estimate of drug-likeness (QED) is 0.0434. The first kappa shape index (κ1) is 47.4. The number of rotatable bonds is 19. The summed E-state index contributed by atoms with van der Waals surface area (Å²) in [7, 11) is 0. The minimum absolute atomic E-state index is 0.0294. The van der Waals surface area contributed by atoms with Gasteiger partial charge in [0.05, 0.1) is 67.8 Å². The molecule has 0 aliphatic carbocycles. The highest BCUT2D eigenvalue weighted by atomic mass is 16.6. The molecule has 5 aromatic rings. The van der Waals surface area contributed by atoms with Crippen LogP contribution in [0.25, 0.3) is 11.5 Å². The third kappa shape index (κ3) is 10.1. The molecule has 2 unspecified atom stereocenters. The van der Waals surface area contributed by atoms with E-state index in [0.717, 1.165) is 16.0 Å². The number of imide groups is 2. The molecule has 6 heterocycles. The summed E-state index contributed by atoms with van der Waals surface area (Å²) in [5.74, 6) is -1.55. The van der Waals surface area contributed by atoms with Gasteiger partial charge in [-0.2, -0.15) is 4.98 Å². The molecule has 21 heteroatoms. The molecule has 0 saturated carbocycles. The number of esters is 1. The van der Waals surface area contributed by atoms with Crippen LogP contribution in [0.15, 0.2) is 77.3 Å². The predicted octanol–water partition coefficient (Wildman–Crippen LogP) is 4.46. The van der Waals surface area contributed by atoms with Gasteiger partial charge >= 0.3 is 5.97 Å². The van der Waals surface area contributed by atoms with Crippen molar-refractivity contribution in [2.75, 3.05) is 68.6 Å². The maximum absolute atomic E-state index is 13.3. The van der Waals surface area contributed by atoms with Gasteiger partial charge in [0.2, 0.25) is 29.6 Å². The number of aliphatic hydroxyl groups excluding tert-OH is 1. The maximum atomic E-state index is 13.3. The van der Waals surface area contributed by atoms with E-state index in [1.54, 1.807) is 35.4 Å². The van der Waals surface area contributed by atoms with Gasteiger partial charge in [0.1, 0.15) is 17.5 Å². The zero-order valence-electron chi connectivity index (χ0n) is 38.6. The Balaban J connectivity index is 0.728. The molecular formula is C49H52N10O11. The summed E-state index contributed by atoms with van der Waals surface area (Å²) in [6.45, 7) is 5.79. The fourth-order valence-corrected chi connectivity index (χ4v) is 9.01. The topological polar surface area (TPSA) is 270 Å². The maximum Gasteiger partial charge on any atom is 0.339 e. The van der Waals surface area contributed by atoms with Gasteiger partial charge in [-0.05, 0) is 69.0 Å². The van der Waals surface area contributed by atoms with E-state index in [0.29, 0.717) is 66.7 Å². The number of carbonyl (C=O) groups excluding carboxylic acids is 6. The molecule has 5 amide bonds. The van der Waals surface area contributed by atoms with E-state index in [4.69, 9.17) is 23.6 Å². The van der Waals surface area contributed by atoms with Gasteiger partial charge in [-0.1, -0.05) is 36.4 Å². The zero-order chi connectivity index (χ0) is 48.9. The fourth-order valence-electron chi connectivity index (χ4n) is 9.01. The number of hydrogen-bond acceptors (Lipinski definition) is 18. The average molecular weight is 957 g/mol. The zero-order valence-corrected chi connectivity index (χ0v) is 38.6. The molecule has 0 spiro atoms. The van der Waals surface area contributed by atoms with E-state index in [-0.39, 0.29) is 93.1 Å². The Kier molecular flexibility index (Phi) is 13.9. The smallest absolute Gasteiger partial charge is 0.339 e. The number of aliphatic hydroxyl groups is 1. The van der Waals surface area contributed by atoms with Gasteiger partial charge in [-0.3, -0.25) is 34.2 Å². The van der Waals surface area contributed by atoms with Crippen molar-refractivity contribution in [3.05, 3.63) is 107 Å². The Bertz CT molecular complexity index is 2810. The van der Waals surface area contributed by atoms with Crippen LogP contribution in [0.1, 0.15) is 106 Å². The van der Waals surface area contributed by atoms with Crippen LogP contribution in [0.2, 0.25) is 0 Å². The van der Waals surface area contributed by atoms with Crippen LogP contribution in [0.5, 0.6) is 0 Å². The lowest BCUT2D eigenvalue weighted by Gasteiger charge is -2.30. The van der Waals surface area contributed by atoms with E-state index in [1.807, 2.05) is 50.2 Å². The highest BCUT2D eigenvalue weighted by Crippen LogP contribution is 2.39. The molecule has 21 nitrogen and oxygen atoms in total. The fraction of sp³-hybridized carbons (Fsp3) is 0.388. The number of likely N-dealkylation sites (tertiary alicyclic amines) is 1. The molecule has 70 heavy (non-hydrogen) atoms. The molecule has 2 fully saturated rings. The number of cyclic esters (lactones) is 1. The Morgan fingerprint density at radius 2 is 1.69 bits per heavy atom. The Morgan fingerprint density at radius 1 is 0.900 bits per heavy atom. The summed E-state index contributed by atoms with van der Waals surface area (Å²) in [4.78, 5) is 88.0. The standard InChI is InChI=1S/C49H52N10O11/c1-49(2)34-25-30(11-12-31(34)47(66)70-49)52-48-51-26-33(41(55-48)53-36(27-60)28-7-4-3-5-8-28)44-57-56-43(69-44)29-15-19-58(20-16-29)39(62)17-21-67-23-24-68-22-18-50-35-10-6-9-32-40(35)46(65)59(45(32)64)37-13-14-38(61)54-42(37)63/h3-12,25-26,29,36-37,50,60H,13-24,27H2,1-2H3,(H,54,61,63)(H2,51,52,53,55). The Labute approximate surface area is 401 Å². The van der Waals surface area contributed by atoms with Crippen molar-refractivity contribution in [3.8, 4) is 11.5 Å². The summed E-state index contributed by atoms with van der Waals surface area (Å²) in [6.07, 6.45) is 3.12. The minimum atomic E-state index is -1.05. The highest BCUT2D eigenvalue weighted by molar-refractivity contribution is 6.25. The van der Waals surface area contributed by atoms with E-state index < -0.39 is 41.3 Å². The number of nitrogens with one attached hydrogen (secondary N) is 4. The van der Waals surface area contributed by atoms with E-state index in [1.165, 1.54) is 6.07 Å². The molecule has 2 aromatic heterocycles. The molecule has 0 bridgehead atoms. The number of ether oxygens (including phenoxy) is 3. The second kappa shape index (κ2) is 20.5. The summed E-state index contributed by atoms with van der Waals surface area (Å²) >= 11 is 0. The normalized spacial score (nSPS) is 18.0. The van der Waals surface area contributed by atoms with Crippen LogP contribution >= 0.6 is 0 Å². The number of hydrogen-bond donors (Lipinski definition) is 5. The lowest BCUT2D eigenvalue weighted by molar-refractivity contribution is -0.136. The van der Waals surface area contributed by atoms with Gasteiger partial charge in [-0.15, -0.1) is 10.2 Å². The number of anilines is 4. The molecule has 364 valence electrons. The van der Waals surface area contributed by atoms with Crippen LogP contribution in [0.3, 0.4) is 0 Å². The second-order valence-corrected chi connectivity index (χ2v) is 17.7. The Morgan fingerprint density at radius 3 is 2.46 bits per heavy atom. The number of nitrogens with zero attached hydrogens (tertiary/aromatic N) is 6. The SMILES string of the molecule is CC1(C)OC(=O)c2ccc(Nc3ncc(-c4nnc(C5CCN(C(=O)CCOCCOCCNc6cccc7c6C(=O)N(C6CCC(=O)NC6=O)C7=O)CC5)o4)c(NC(CO)c4ccccc4)n3)cc21. The van der Waals surface area contributed by atoms with Gasteiger partial charge in [0.15, 0.2) is 0 Å². The van der Waals surface area contributed by atoms with Crippen molar-refractivity contribution in [1.29, 1.82) is 0 Å². The Hall–Kier alpha value is -7.62. The highest BCUT2D eigenvalue weighted by Gasteiger charge is 2.46. The lowest BCUT2D eigenvalue weighted by atomic mass is 9.95. The van der Waals surface area contributed by atoms with Gasteiger partial charge in [0.25, 0.3) is 17.7 Å². The van der Waals surface area contributed by atoms with Crippen molar-refractivity contribution >= 4 is 58.6 Å². The van der Waals surface area contributed by atoms with Crippen LogP contribution < -0.4 is 21.3 Å².